The molecule has 3 N–H and O–H groups in total. The first kappa shape index (κ1) is 12.9. The molecule has 0 fully saturated rings. The highest BCUT2D eigenvalue weighted by atomic mass is 35.5. The van der Waals surface area contributed by atoms with Gasteiger partial charge in [0.25, 0.3) is 0 Å². The molecule has 1 unspecified atom stereocenters. The van der Waals surface area contributed by atoms with Crippen LogP contribution in [0.2, 0.25) is 5.15 Å². The van der Waals surface area contributed by atoms with E-state index in [-0.39, 0.29) is 17.7 Å². The molecule has 1 heterocycles. The van der Waals surface area contributed by atoms with Gasteiger partial charge in [0.2, 0.25) is 5.91 Å². The molecule has 0 aliphatic carbocycles. The fourth-order valence-corrected chi connectivity index (χ4v) is 1.57. The maximum Gasteiger partial charge on any atom is 0.229 e. The Morgan fingerprint density at radius 3 is 2.81 bits per heavy atom. The number of halogens is 1. The molecule has 0 bridgehead atoms. The van der Waals surface area contributed by atoms with Crippen LogP contribution in [0.15, 0.2) is 18.3 Å². The molecule has 1 amide bonds. The molecular formula is C11H16ClN3O. The summed E-state index contributed by atoms with van der Waals surface area (Å²) in [5, 5.41) is 3.13. The van der Waals surface area contributed by atoms with E-state index in [2.05, 4.69) is 10.3 Å². The molecule has 0 spiro atoms. The summed E-state index contributed by atoms with van der Waals surface area (Å²) in [6, 6.07) is 3.30. The van der Waals surface area contributed by atoms with Crippen molar-refractivity contribution in [3.05, 3.63) is 23.5 Å². The van der Waals surface area contributed by atoms with E-state index in [0.29, 0.717) is 17.4 Å². The lowest BCUT2D eigenvalue weighted by molar-refractivity contribution is -0.120. The number of pyridine rings is 1. The van der Waals surface area contributed by atoms with Crippen molar-refractivity contribution in [1.29, 1.82) is 0 Å². The van der Waals surface area contributed by atoms with Crippen molar-refractivity contribution < 1.29 is 4.79 Å². The van der Waals surface area contributed by atoms with Crippen LogP contribution < -0.4 is 11.1 Å². The molecule has 4 nitrogen and oxygen atoms in total. The number of carbonyl (C=O) groups excluding carboxylic acids is 1. The Balaban J connectivity index is 2.70. The first-order chi connectivity index (χ1) is 7.54. The van der Waals surface area contributed by atoms with E-state index in [0.717, 1.165) is 0 Å². The third-order valence-electron chi connectivity index (χ3n) is 2.39. The molecule has 1 aromatic heterocycles. The maximum atomic E-state index is 11.8. The van der Waals surface area contributed by atoms with Crippen LogP contribution in [-0.4, -0.2) is 17.4 Å². The van der Waals surface area contributed by atoms with Crippen LogP contribution in [0.1, 0.15) is 13.8 Å². The topological polar surface area (TPSA) is 68.0 Å². The molecule has 88 valence electrons. The van der Waals surface area contributed by atoms with Crippen LogP contribution in [0.3, 0.4) is 0 Å². The van der Waals surface area contributed by atoms with E-state index >= 15 is 0 Å². The van der Waals surface area contributed by atoms with Crippen molar-refractivity contribution in [2.24, 2.45) is 17.6 Å². The number of hydrogen-bond acceptors (Lipinski definition) is 3. The first-order valence-corrected chi connectivity index (χ1v) is 5.55. The summed E-state index contributed by atoms with van der Waals surface area (Å²) in [7, 11) is 0. The summed E-state index contributed by atoms with van der Waals surface area (Å²) in [5.74, 6) is -0.0611. The lowest BCUT2D eigenvalue weighted by Gasteiger charge is -2.18. The quantitative estimate of drug-likeness (QED) is 0.792. The number of anilines is 1. The van der Waals surface area contributed by atoms with Gasteiger partial charge in [-0.2, -0.15) is 0 Å². The summed E-state index contributed by atoms with van der Waals surface area (Å²) in [6.45, 7) is 4.27. The second-order valence-corrected chi connectivity index (χ2v) is 4.33. The maximum absolute atomic E-state index is 11.8. The number of amides is 1. The van der Waals surface area contributed by atoms with E-state index in [9.17, 15) is 4.79 Å². The van der Waals surface area contributed by atoms with Gasteiger partial charge in [-0.3, -0.25) is 4.79 Å². The number of carbonyl (C=O) groups is 1. The highest BCUT2D eigenvalue weighted by Gasteiger charge is 2.20. The number of aromatic nitrogens is 1. The summed E-state index contributed by atoms with van der Waals surface area (Å²) in [6.07, 6.45) is 1.55. The van der Waals surface area contributed by atoms with E-state index in [4.69, 9.17) is 17.3 Å². The van der Waals surface area contributed by atoms with Gasteiger partial charge in [-0.05, 0) is 18.1 Å². The minimum Gasteiger partial charge on any atom is -0.330 e. The highest BCUT2D eigenvalue weighted by Crippen LogP contribution is 2.15. The van der Waals surface area contributed by atoms with Gasteiger partial charge in [0, 0.05) is 18.4 Å². The van der Waals surface area contributed by atoms with E-state index in [1.807, 2.05) is 13.8 Å². The van der Waals surface area contributed by atoms with Crippen molar-refractivity contribution in [2.45, 2.75) is 13.8 Å². The average Bonchev–Trinajstić information content (AvgIpc) is 2.17. The first-order valence-electron chi connectivity index (χ1n) is 5.17. The van der Waals surface area contributed by atoms with Crippen LogP contribution in [0.25, 0.3) is 0 Å². The van der Waals surface area contributed by atoms with E-state index < -0.39 is 0 Å². The Hall–Kier alpha value is -1.13. The molecule has 0 aliphatic heterocycles. The van der Waals surface area contributed by atoms with Crippen molar-refractivity contribution in [1.82, 2.24) is 4.98 Å². The van der Waals surface area contributed by atoms with Crippen molar-refractivity contribution in [3.63, 3.8) is 0 Å². The number of nitrogens with one attached hydrogen (secondary N) is 1. The van der Waals surface area contributed by atoms with Crippen molar-refractivity contribution in [2.75, 3.05) is 11.9 Å². The molecule has 0 aromatic carbocycles. The van der Waals surface area contributed by atoms with Crippen molar-refractivity contribution >= 4 is 23.2 Å². The van der Waals surface area contributed by atoms with Crippen molar-refractivity contribution in [3.8, 4) is 0 Å². The van der Waals surface area contributed by atoms with E-state index in [1.54, 1.807) is 18.3 Å². The number of rotatable bonds is 4. The molecular weight excluding hydrogens is 226 g/mol. The zero-order chi connectivity index (χ0) is 12.1. The van der Waals surface area contributed by atoms with Gasteiger partial charge in [0.1, 0.15) is 5.15 Å². The van der Waals surface area contributed by atoms with Crippen LogP contribution >= 0.6 is 11.6 Å². The van der Waals surface area contributed by atoms with Gasteiger partial charge in [0.15, 0.2) is 0 Å². The van der Waals surface area contributed by atoms with Gasteiger partial charge in [-0.15, -0.1) is 0 Å². The second kappa shape index (κ2) is 5.82. The third kappa shape index (κ3) is 3.47. The average molecular weight is 242 g/mol. The molecule has 1 rings (SSSR count). The summed E-state index contributed by atoms with van der Waals surface area (Å²) in [5.41, 5.74) is 6.20. The number of hydrogen-bond donors (Lipinski definition) is 2. The molecule has 0 saturated carbocycles. The Kier molecular flexibility index (Phi) is 4.71. The Morgan fingerprint density at radius 1 is 1.62 bits per heavy atom. The van der Waals surface area contributed by atoms with Crippen LogP contribution in [0, 0.1) is 11.8 Å². The normalized spacial score (nSPS) is 12.6. The van der Waals surface area contributed by atoms with Gasteiger partial charge >= 0.3 is 0 Å². The van der Waals surface area contributed by atoms with Crippen LogP contribution in [0.5, 0.6) is 0 Å². The zero-order valence-corrected chi connectivity index (χ0v) is 10.2. The SMILES string of the molecule is CC(C)C(CN)C(=O)Nc1ccnc(Cl)c1. The number of nitrogens with two attached hydrogens (primary N) is 1. The van der Waals surface area contributed by atoms with Gasteiger partial charge in [0.05, 0.1) is 5.92 Å². The fourth-order valence-electron chi connectivity index (χ4n) is 1.40. The predicted octanol–water partition coefficient (Wildman–Crippen LogP) is 1.90. The lowest BCUT2D eigenvalue weighted by Crippen LogP contribution is -2.33. The monoisotopic (exact) mass is 241 g/mol. The lowest BCUT2D eigenvalue weighted by atomic mass is 9.95. The van der Waals surface area contributed by atoms with Gasteiger partial charge < -0.3 is 11.1 Å². The molecule has 16 heavy (non-hydrogen) atoms. The standard InChI is InChI=1S/C11H16ClN3O/c1-7(2)9(6-13)11(16)15-8-3-4-14-10(12)5-8/h3-5,7,9H,6,13H2,1-2H3,(H,14,15,16). The van der Waals surface area contributed by atoms with E-state index in [1.165, 1.54) is 0 Å². The molecule has 1 atom stereocenters. The molecule has 0 radical (unpaired) electrons. The minimum atomic E-state index is -0.188. The summed E-state index contributed by atoms with van der Waals surface area (Å²) >= 11 is 5.72. The largest absolute Gasteiger partial charge is 0.330 e. The highest BCUT2D eigenvalue weighted by molar-refractivity contribution is 6.29. The van der Waals surface area contributed by atoms with Gasteiger partial charge in [-0.25, -0.2) is 4.98 Å². The Bertz CT molecular complexity index is 368. The zero-order valence-electron chi connectivity index (χ0n) is 9.40. The Morgan fingerprint density at radius 2 is 2.31 bits per heavy atom. The summed E-state index contributed by atoms with van der Waals surface area (Å²) < 4.78 is 0. The molecule has 5 heteroatoms. The molecule has 0 saturated heterocycles. The molecule has 1 aromatic rings. The van der Waals surface area contributed by atoms with Crippen LogP contribution in [-0.2, 0) is 4.79 Å². The predicted molar refractivity (Wildman–Crippen MR) is 65.3 cm³/mol. The van der Waals surface area contributed by atoms with Crippen LogP contribution in [0.4, 0.5) is 5.69 Å². The fraction of sp³-hybridized carbons (Fsp3) is 0.455. The minimum absolute atomic E-state index is 0.0835. The number of nitrogens with zero attached hydrogens (tertiary/aromatic N) is 1. The third-order valence-corrected chi connectivity index (χ3v) is 2.60. The molecule has 0 aliphatic rings. The Labute approximate surface area is 100 Å². The van der Waals surface area contributed by atoms with Gasteiger partial charge in [-0.1, -0.05) is 25.4 Å². The second-order valence-electron chi connectivity index (χ2n) is 3.94. The summed E-state index contributed by atoms with van der Waals surface area (Å²) in [4.78, 5) is 15.7. The smallest absolute Gasteiger partial charge is 0.229 e.